The molecule has 0 atom stereocenters. The lowest BCUT2D eigenvalue weighted by Crippen LogP contribution is -2.24. The summed E-state index contributed by atoms with van der Waals surface area (Å²) < 4.78 is 27.6. The average Bonchev–Trinajstić information content (AvgIpc) is 3.38. The Bertz CT molecular complexity index is 1950. The molecule has 2 aliphatic rings. The number of aryl methyl sites for hydroxylation is 4. The van der Waals surface area contributed by atoms with Crippen LogP contribution in [0.4, 0.5) is 0 Å². The van der Waals surface area contributed by atoms with Gasteiger partial charge in [0.1, 0.15) is 0 Å². The van der Waals surface area contributed by atoms with E-state index in [2.05, 4.69) is 114 Å². The predicted molar refractivity (Wildman–Crippen MR) is 207 cm³/mol. The first kappa shape index (κ1) is 36.3. The van der Waals surface area contributed by atoms with Crippen molar-refractivity contribution in [3.63, 3.8) is 0 Å². The van der Waals surface area contributed by atoms with Crippen LogP contribution in [0.25, 0.3) is 11.1 Å². The third-order valence-corrected chi connectivity index (χ3v) is 10.7. The Morgan fingerprint density at radius 2 is 0.939 bits per heavy atom. The minimum absolute atomic E-state index is 0. The van der Waals surface area contributed by atoms with Crippen LogP contribution in [0.2, 0.25) is 5.02 Å². The lowest BCUT2D eigenvalue weighted by molar-refractivity contribution is 0.582. The number of benzene rings is 5. The highest BCUT2D eigenvalue weighted by molar-refractivity contribution is 7.89. The van der Waals surface area contributed by atoms with Crippen LogP contribution in [0, 0.1) is 0 Å². The van der Waals surface area contributed by atoms with Gasteiger partial charge in [-0.15, -0.1) is 12.4 Å². The van der Waals surface area contributed by atoms with Crippen LogP contribution in [-0.2, 0) is 35.7 Å². The van der Waals surface area contributed by atoms with Gasteiger partial charge in [0.15, 0.2) is 0 Å². The minimum Gasteiger partial charge on any atom is -0.330 e. The van der Waals surface area contributed by atoms with Crippen molar-refractivity contribution < 1.29 is 8.42 Å². The largest absolute Gasteiger partial charge is 0.330 e. The molecule has 3 N–H and O–H groups in total. The van der Waals surface area contributed by atoms with Crippen LogP contribution in [0.1, 0.15) is 57.3 Å². The fourth-order valence-corrected chi connectivity index (χ4v) is 7.78. The molecule has 49 heavy (non-hydrogen) atoms. The van der Waals surface area contributed by atoms with Crippen LogP contribution in [0.15, 0.2) is 138 Å². The number of halogens is 2. The minimum atomic E-state index is -3.55. The molecule has 5 aromatic carbocycles. The van der Waals surface area contributed by atoms with Crippen molar-refractivity contribution in [2.24, 2.45) is 5.73 Å². The van der Waals surface area contributed by atoms with Gasteiger partial charge in [0.2, 0.25) is 10.0 Å². The molecule has 0 aromatic heterocycles. The zero-order chi connectivity index (χ0) is 33.3. The second kappa shape index (κ2) is 17.1. The van der Waals surface area contributed by atoms with Gasteiger partial charge in [-0.05, 0) is 125 Å². The molecule has 0 saturated heterocycles. The number of hydrogen-bond acceptors (Lipinski definition) is 3. The second-order valence-electron chi connectivity index (χ2n) is 12.1. The van der Waals surface area contributed by atoms with Crippen molar-refractivity contribution in [1.82, 2.24) is 4.72 Å². The summed E-state index contributed by atoms with van der Waals surface area (Å²) >= 11 is 5.85. The number of nitrogens with two attached hydrogens (primary N) is 1. The monoisotopic (exact) mass is 708 g/mol. The molecule has 2 aliphatic carbocycles. The van der Waals surface area contributed by atoms with Gasteiger partial charge < -0.3 is 5.73 Å². The van der Waals surface area contributed by atoms with Crippen molar-refractivity contribution in [2.45, 2.75) is 43.4 Å². The number of rotatable bonds is 7. The number of nitrogens with one attached hydrogen (secondary N) is 1. The summed E-state index contributed by atoms with van der Waals surface area (Å²) in [6.07, 6.45) is 10.2. The summed E-state index contributed by atoms with van der Waals surface area (Å²) in [7, 11) is -3.55. The first-order chi connectivity index (χ1) is 23.4. The Morgan fingerprint density at radius 3 is 1.33 bits per heavy atom. The van der Waals surface area contributed by atoms with Crippen LogP contribution in [0.5, 0.6) is 0 Å². The van der Waals surface area contributed by atoms with E-state index in [0.717, 1.165) is 32.1 Å². The van der Waals surface area contributed by atoms with E-state index in [1.54, 1.807) is 12.1 Å². The molecule has 0 heterocycles. The molecule has 252 valence electrons. The van der Waals surface area contributed by atoms with Crippen molar-refractivity contribution in [3.05, 3.63) is 183 Å². The standard InChI is InChI=1S/C24H22ClNO2S.C18H19N.ClH/c25-20-13-15-21(16-14-20)29(27,28)26-17-5-10-24-22-8-3-1-6-18(22)11-12-19-7-2-4-9-23(19)24;19-13-5-10-18-16-8-3-1-6-14(16)11-12-15-7-2-4-9-17(15)18;/h1-4,6-10,13-16,26H,5,11-12,17H2;1-4,6-10H,5,11-13,19H2;1H. The summed E-state index contributed by atoms with van der Waals surface area (Å²) in [5.41, 5.74) is 19.0. The van der Waals surface area contributed by atoms with Crippen molar-refractivity contribution in [1.29, 1.82) is 0 Å². The van der Waals surface area contributed by atoms with E-state index >= 15 is 0 Å². The van der Waals surface area contributed by atoms with E-state index in [4.69, 9.17) is 17.3 Å². The van der Waals surface area contributed by atoms with E-state index in [9.17, 15) is 8.42 Å². The molecule has 0 fully saturated rings. The number of sulfonamides is 1. The van der Waals surface area contributed by atoms with Gasteiger partial charge in [0.25, 0.3) is 0 Å². The molecule has 0 unspecified atom stereocenters. The zero-order valence-electron chi connectivity index (χ0n) is 27.4. The molecule has 7 rings (SSSR count). The third kappa shape index (κ3) is 8.80. The maximum atomic E-state index is 12.5. The predicted octanol–water partition coefficient (Wildman–Crippen LogP) is 9.23. The Morgan fingerprint density at radius 1 is 0.571 bits per heavy atom. The molecule has 0 aliphatic heterocycles. The Labute approximate surface area is 302 Å². The summed E-state index contributed by atoms with van der Waals surface area (Å²) in [4.78, 5) is 0.222. The van der Waals surface area contributed by atoms with Gasteiger partial charge in [0.05, 0.1) is 4.90 Å². The summed E-state index contributed by atoms with van der Waals surface area (Å²) in [6.45, 7) is 1.03. The van der Waals surface area contributed by atoms with E-state index in [0.29, 0.717) is 24.5 Å². The highest BCUT2D eigenvalue weighted by Crippen LogP contribution is 2.35. The molecular formula is C42H42Cl2N2O2S. The first-order valence-corrected chi connectivity index (χ1v) is 18.5. The van der Waals surface area contributed by atoms with Crippen LogP contribution < -0.4 is 10.5 Å². The topological polar surface area (TPSA) is 72.2 Å². The van der Waals surface area contributed by atoms with Crippen molar-refractivity contribution >= 4 is 45.2 Å². The van der Waals surface area contributed by atoms with Gasteiger partial charge in [-0.25, -0.2) is 13.1 Å². The molecule has 0 bridgehead atoms. The summed E-state index contributed by atoms with van der Waals surface area (Å²) in [5.74, 6) is 0. The van der Waals surface area contributed by atoms with Gasteiger partial charge in [-0.3, -0.25) is 0 Å². The molecule has 0 spiro atoms. The van der Waals surface area contributed by atoms with E-state index in [-0.39, 0.29) is 17.3 Å². The normalized spacial score (nSPS) is 13.1. The quantitative estimate of drug-likeness (QED) is 0.166. The van der Waals surface area contributed by atoms with Crippen LogP contribution in [0.3, 0.4) is 0 Å². The fourth-order valence-electron chi connectivity index (χ4n) is 6.61. The Balaban J connectivity index is 0.000000203. The highest BCUT2D eigenvalue weighted by atomic mass is 35.5. The van der Waals surface area contributed by atoms with Gasteiger partial charge in [0, 0.05) is 11.6 Å². The van der Waals surface area contributed by atoms with E-state index < -0.39 is 10.0 Å². The molecule has 0 saturated carbocycles. The number of hydrogen-bond donors (Lipinski definition) is 2. The molecule has 7 heteroatoms. The molecule has 4 nitrogen and oxygen atoms in total. The maximum absolute atomic E-state index is 12.5. The van der Waals surface area contributed by atoms with E-state index in [1.807, 2.05) is 0 Å². The Kier molecular flexibility index (Phi) is 12.7. The summed E-state index contributed by atoms with van der Waals surface area (Å²) in [6, 6.07) is 40.6. The molecule has 0 radical (unpaired) electrons. The number of fused-ring (bicyclic) bond motifs is 4. The smallest absolute Gasteiger partial charge is 0.240 e. The molecule has 5 aromatic rings. The molecular weight excluding hydrogens is 667 g/mol. The fraction of sp³-hybridized carbons (Fsp3) is 0.190. The third-order valence-electron chi connectivity index (χ3n) is 8.98. The molecule has 0 amide bonds. The summed E-state index contributed by atoms with van der Waals surface area (Å²) in [5, 5.41) is 0.513. The first-order valence-electron chi connectivity index (χ1n) is 16.6. The zero-order valence-corrected chi connectivity index (χ0v) is 29.8. The van der Waals surface area contributed by atoms with Crippen molar-refractivity contribution in [3.8, 4) is 0 Å². The lowest BCUT2D eigenvalue weighted by Gasteiger charge is -2.12. The lowest BCUT2D eigenvalue weighted by atomic mass is 9.93. The van der Waals surface area contributed by atoms with E-state index in [1.165, 1.54) is 67.8 Å². The average molecular weight is 710 g/mol. The van der Waals surface area contributed by atoms with Crippen LogP contribution in [-0.4, -0.2) is 21.5 Å². The maximum Gasteiger partial charge on any atom is 0.240 e. The SMILES string of the molecule is Cl.NCCC=C1c2ccccc2CCc2ccccc21.O=S(=O)(NCCC=C1c2ccccc2CCc2ccccc21)c1ccc(Cl)cc1. The second-order valence-corrected chi connectivity index (χ2v) is 14.3. The van der Waals surface area contributed by atoms with Gasteiger partial charge in [-0.2, -0.15) is 0 Å². The Hall–Kier alpha value is -3.97. The van der Waals surface area contributed by atoms with Gasteiger partial charge in [-0.1, -0.05) is 121 Å². The highest BCUT2D eigenvalue weighted by Gasteiger charge is 2.19. The van der Waals surface area contributed by atoms with Crippen molar-refractivity contribution in [2.75, 3.05) is 13.1 Å². The van der Waals surface area contributed by atoms with Gasteiger partial charge >= 0.3 is 0 Å². The van der Waals surface area contributed by atoms with Crippen LogP contribution >= 0.6 is 24.0 Å².